The van der Waals surface area contributed by atoms with Crippen molar-refractivity contribution in [2.24, 2.45) is 0 Å². The van der Waals surface area contributed by atoms with Gasteiger partial charge in [-0.1, -0.05) is 60.4 Å². The summed E-state index contributed by atoms with van der Waals surface area (Å²) >= 11 is 0. The van der Waals surface area contributed by atoms with Gasteiger partial charge in [-0.25, -0.2) is 17.2 Å². The largest absolute Gasteiger partial charge is 0.508 e. The zero-order valence-corrected chi connectivity index (χ0v) is 19.6. The minimum atomic E-state index is -3.95. The summed E-state index contributed by atoms with van der Waals surface area (Å²) in [5, 5.41) is 20.3. The summed E-state index contributed by atoms with van der Waals surface area (Å²) in [6.45, 7) is 0. The summed E-state index contributed by atoms with van der Waals surface area (Å²) in [6, 6.07) is 26.2. The number of nitrogens with zero attached hydrogens (tertiary/aromatic N) is 1. The molecule has 5 aromatic rings. The Labute approximate surface area is 207 Å². The fourth-order valence-electron chi connectivity index (χ4n) is 4.10. The van der Waals surface area contributed by atoms with Crippen LogP contribution in [0.2, 0.25) is 0 Å². The molecule has 4 aromatic carbocycles. The van der Waals surface area contributed by atoms with Crippen molar-refractivity contribution >= 4 is 26.9 Å². The van der Waals surface area contributed by atoms with Gasteiger partial charge in [0.2, 0.25) is 0 Å². The maximum Gasteiger partial charge on any atom is 0.336 e. The lowest BCUT2D eigenvalue weighted by molar-refractivity contribution is 0.0697. The molecule has 0 spiro atoms. The molecule has 176 valence electrons. The number of aromatic hydroxyl groups is 1. The van der Waals surface area contributed by atoms with Gasteiger partial charge in [0.05, 0.1) is 16.0 Å². The fraction of sp³-hybridized carbons (Fsp3) is 0. The molecule has 0 radical (unpaired) electrons. The lowest BCUT2D eigenvalue weighted by atomic mass is 9.94. The molecule has 0 atom stereocenters. The average Bonchev–Trinajstić information content (AvgIpc) is 3.28. The van der Waals surface area contributed by atoms with Gasteiger partial charge in [-0.15, -0.1) is 0 Å². The van der Waals surface area contributed by atoms with E-state index in [0.29, 0.717) is 33.2 Å². The third kappa shape index (κ3) is 4.11. The SMILES string of the molecule is O=C(O)c1cccc(C#Cc2cccc(O)c2)c1-c1cn(S(=O)(=O)c2ccccc2)c2ccccc12. The van der Waals surface area contributed by atoms with Gasteiger partial charge in [-0.05, 0) is 48.5 Å². The number of phenols is 1. The van der Waals surface area contributed by atoms with E-state index in [1.165, 1.54) is 40.5 Å². The molecule has 2 N–H and O–H groups in total. The third-order valence-electron chi connectivity index (χ3n) is 5.73. The van der Waals surface area contributed by atoms with Gasteiger partial charge in [0.15, 0.2) is 0 Å². The van der Waals surface area contributed by atoms with Crippen LogP contribution < -0.4 is 0 Å². The topological polar surface area (TPSA) is 96.6 Å². The van der Waals surface area contributed by atoms with Crippen molar-refractivity contribution in [1.82, 2.24) is 3.97 Å². The zero-order valence-electron chi connectivity index (χ0n) is 18.8. The Morgan fingerprint density at radius 3 is 2.28 bits per heavy atom. The van der Waals surface area contributed by atoms with Gasteiger partial charge in [-0.2, -0.15) is 0 Å². The van der Waals surface area contributed by atoms with Crippen molar-refractivity contribution in [2.45, 2.75) is 4.90 Å². The van der Waals surface area contributed by atoms with Crippen LogP contribution in [0.4, 0.5) is 0 Å². The number of hydrogen-bond donors (Lipinski definition) is 2. The van der Waals surface area contributed by atoms with Gasteiger partial charge >= 0.3 is 5.97 Å². The van der Waals surface area contributed by atoms with Crippen molar-refractivity contribution in [1.29, 1.82) is 0 Å². The zero-order chi connectivity index (χ0) is 25.3. The third-order valence-corrected chi connectivity index (χ3v) is 7.42. The number of aromatic nitrogens is 1. The molecule has 0 aliphatic carbocycles. The highest BCUT2D eigenvalue weighted by atomic mass is 32.2. The Balaban J connectivity index is 1.79. The Morgan fingerprint density at radius 1 is 0.806 bits per heavy atom. The van der Waals surface area contributed by atoms with Crippen LogP contribution in [0.5, 0.6) is 5.75 Å². The molecule has 1 heterocycles. The van der Waals surface area contributed by atoms with Crippen LogP contribution in [0.15, 0.2) is 108 Å². The van der Waals surface area contributed by atoms with Gasteiger partial charge in [0, 0.05) is 33.8 Å². The van der Waals surface area contributed by atoms with Crippen LogP contribution >= 0.6 is 0 Å². The molecule has 0 unspecified atom stereocenters. The molecule has 1 aromatic heterocycles. The van der Waals surface area contributed by atoms with E-state index in [9.17, 15) is 23.4 Å². The summed E-state index contributed by atoms with van der Waals surface area (Å²) in [5.74, 6) is 4.88. The predicted octanol–water partition coefficient (Wildman–Crippen LogP) is 5.35. The van der Waals surface area contributed by atoms with Crippen LogP contribution in [-0.4, -0.2) is 28.6 Å². The summed E-state index contributed by atoms with van der Waals surface area (Å²) < 4.78 is 28.2. The molecular formula is C29H19NO5S. The van der Waals surface area contributed by atoms with E-state index in [0.717, 1.165) is 0 Å². The lowest BCUT2D eigenvalue weighted by Crippen LogP contribution is -2.11. The molecule has 0 aliphatic rings. The Kier molecular flexibility index (Phi) is 5.80. The second kappa shape index (κ2) is 9.10. The number of carbonyl (C=O) groups is 1. The van der Waals surface area contributed by atoms with Crippen molar-refractivity contribution in [2.75, 3.05) is 0 Å². The van der Waals surface area contributed by atoms with Crippen molar-refractivity contribution in [3.63, 3.8) is 0 Å². The summed E-state index contributed by atoms with van der Waals surface area (Å²) in [7, 11) is -3.95. The van der Waals surface area contributed by atoms with Crippen LogP contribution in [0.1, 0.15) is 21.5 Å². The normalized spacial score (nSPS) is 11.1. The summed E-state index contributed by atoms with van der Waals surface area (Å²) in [5.41, 5.74) is 2.13. The first-order valence-electron chi connectivity index (χ1n) is 10.9. The number of benzene rings is 4. The average molecular weight is 494 g/mol. The lowest BCUT2D eigenvalue weighted by Gasteiger charge is -2.09. The molecule has 36 heavy (non-hydrogen) atoms. The predicted molar refractivity (Wildman–Crippen MR) is 137 cm³/mol. The first-order valence-corrected chi connectivity index (χ1v) is 12.4. The van der Waals surface area contributed by atoms with E-state index in [2.05, 4.69) is 11.8 Å². The molecule has 0 saturated heterocycles. The summed E-state index contributed by atoms with van der Waals surface area (Å²) in [6.07, 6.45) is 1.45. The van der Waals surface area contributed by atoms with Crippen LogP contribution in [0.25, 0.3) is 22.0 Å². The molecule has 0 bridgehead atoms. The number of aromatic carboxylic acids is 1. The monoisotopic (exact) mass is 493 g/mol. The van der Waals surface area contributed by atoms with Crippen LogP contribution in [0, 0.1) is 11.8 Å². The number of hydrogen-bond acceptors (Lipinski definition) is 4. The van der Waals surface area contributed by atoms with E-state index in [1.54, 1.807) is 66.7 Å². The minimum Gasteiger partial charge on any atom is -0.508 e. The van der Waals surface area contributed by atoms with Crippen LogP contribution in [0.3, 0.4) is 0 Å². The van der Waals surface area contributed by atoms with Crippen LogP contribution in [-0.2, 0) is 10.0 Å². The van der Waals surface area contributed by atoms with Gasteiger partial charge in [0.1, 0.15) is 5.75 Å². The summed E-state index contributed by atoms with van der Waals surface area (Å²) in [4.78, 5) is 12.3. The number of para-hydroxylation sites is 1. The number of fused-ring (bicyclic) bond motifs is 1. The highest BCUT2D eigenvalue weighted by Crippen LogP contribution is 2.37. The smallest absolute Gasteiger partial charge is 0.336 e. The van der Waals surface area contributed by atoms with E-state index in [1.807, 2.05) is 0 Å². The first-order chi connectivity index (χ1) is 17.4. The maximum atomic E-state index is 13.5. The molecule has 0 aliphatic heterocycles. The second-order valence-corrected chi connectivity index (χ2v) is 9.82. The standard InChI is InChI=1S/C29H19NO5S/c31-22-10-6-8-20(18-22)16-17-21-9-7-14-25(29(32)33)28(21)26-19-30(27-15-5-4-13-24(26)27)36(34,35)23-11-2-1-3-12-23/h1-15,18-19,31H,(H,32,33). The maximum absolute atomic E-state index is 13.5. The van der Waals surface area contributed by atoms with Gasteiger partial charge in [-0.3, -0.25) is 0 Å². The van der Waals surface area contributed by atoms with Crippen molar-refractivity contribution in [3.8, 4) is 28.7 Å². The van der Waals surface area contributed by atoms with E-state index in [4.69, 9.17) is 0 Å². The van der Waals surface area contributed by atoms with Gasteiger partial charge < -0.3 is 10.2 Å². The van der Waals surface area contributed by atoms with Gasteiger partial charge in [0.25, 0.3) is 10.0 Å². The number of phenolic OH excluding ortho intramolecular Hbond substituents is 1. The Hall–Kier alpha value is -4.80. The van der Waals surface area contributed by atoms with E-state index < -0.39 is 16.0 Å². The molecule has 0 fully saturated rings. The molecule has 7 heteroatoms. The van der Waals surface area contributed by atoms with E-state index >= 15 is 0 Å². The molecule has 0 saturated carbocycles. The fourth-order valence-corrected chi connectivity index (χ4v) is 5.49. The minimum absolute atomic E-state index is 0.00211. The van der Waals surface area contributed by atoms with E-state index in [-0.39, 0.29) is 16.2 Å². The number of carboxylic acids is 1. The highest BCUT2D eigenvalue weighted by Gasteiger charge is 2.24. The highest BCUT2D eigenvalue weighted by molar-refractivity contribution is 7.90. The van der Waals surface area contributed by atoms with Crippen molar-refractivity contribution < 1.29 is 23.4 Å². The molecule has 6 nitrogen and oxygen atoms in total. The Bertz CT molecular complexity index is 1790. The molecule has 5 rings (SSSR count). The van der Waals surface area contributed by atoms with Crippen molar-refractivity contribution in [3.05, 3.63) is 120 Å². The number of rotatable bonds is 4. The Morgan fingerprint density at radius 2 is 1.53 bits per heavy atom. The molecular weight excluding hydrogens is 474 g/mol. The number of carboxylic acid groups (broad SMARTS) is 1. The second-order valence-electron chi connectivity index (χ2n) is 8.01. The quantitative estimate of drug-likeness (QED) is 0.329. The molecule has 0 amide bonds. The first kappa shape index (κ1) is 23.0.